The molecule has 0 fully saturated rings. The molecule has 0 amide bonds. The normalized spacial score (nSPS) is 10.5. The first kappa shape index (κ1) is 15.5. The Labute approximate surface area is 97.4 Å². The lowest BCUT2D eigenvalue weighted by Crippen LogP contribution is -2.19. The summed E-state index contributed by atoms with van der Waals surface area (Å²) < 4.78 is 52.5. The van der Waals surface area contributed by atoms with E-state index in [1.54, 1.807) is 6.92 Å². The Hall–Kier alpha value is -1.46. The molecule has 0 atom stereocenters. The number of anilines is 1. The molecule has 0 radical (unpaired) electrons. The maximum atomic E-state index is 13.1. The molecule has 2 nitrogen and oxygen atoms in total. The van der Waals surface area contributed by atoms with Crippen molar-refractivity contribution < 1.29 is 22.3 Å². The van der Waals surface area contributed by atoms with Gasteiger partial charge < -0.3 is 10.5 Å². The van der Waals surface area contributed by atoms with Crippen LogP contribution in [0.2, 0.25) is 0 Å². The van der Waals surface area contributed by atoms with E-state index in [9.17, 15) is 17.6 Å². The number of aryl methyl sites for hydroxylation is 1. The molecular formula is C11H15F4NO. The van der Waals surface area contributed by atoms with Crippen molar-refractivity contribution >= 4 is 5.69 Å². The molecule has 17 heavy (non-hydrogen) atoms. The molecule has 0 aliphatic carbocycles. The van der Waals surface area contributed by atoms with Crippen molar-refractivity contribution in [2.24, 2.45) is 0 Å². The highest BCUT2D eigenvalue weighted by molar-refractivity contribution is 5.49. The Morgan fingerprint density at radius 1 is 1.24 bits per heavy atom. The molecule has 2 N–H and O–H groups in total. The van der Waals surface area contributed by atoms with Crippen molar-refractivity contribution in [2.45, 2.75) is 33.6 Å². The van der Waals surface area contributed by atoms with Crippen LogP contribution in [0.3, 0.4) is 0 Å². The minimum Gasteiger partial charge on any atom is -0.402 e. The van der Waals surface area contributed by atoms with Crippen molar-refractivity contribution in [1.29, 1.82) is 0 Å². The summed E-state index contributed by atoms with van der Waals surface area (Å²) in [5.74, 6) is -1.91. The third-order valence-corrected chi connectivity index (χ3v) is 1.74. The lowest BCUT2D eigenvalue weighted by Gasteiger charge is -2.13. The summed E-state index contributed by atoms with van der Waals surface area (Å²) in [7, 11) is 0. The average molecular weight is 253 g/mol. The maximum absolute atomic E-state index is 13.1. The van der Waals surface area contributed by atoms with Crippen molar-refractivity contribution in [1.82, 2.24) is 0 Å². The van der Waals surface area contributed by atoms with Crippen molar-refractivity contribution in [3.05, 3.63) is 23.5 Å². The summed E-state index contributed by atoms with van der Waals surface area (Å²) in [5.41, 5.74) is 5.45. The number of ether oxygens (including phenoxy) is 1. The van der Waals surface area contributed by atoms with E-state index in [1.165, 1.54) is 6.07 Å². The Balaban J connectivity index is 0.00000121. The van der Waals surface area contributed by atoms with Gasteiger partial charge in [0.25, 0.3) is 0 Å². The van der Waals surface area contributed by atoms with Gasteiger partial charge in [0.1, 0.15) is 0 Å². The molecule has 0 heterocycles. The van der Waals surface area contributed by atoms with E-state index in [0.717, 1.165) is 6.07 Å². The van der Waals surface area contributed by atoms with E-state index in [4.69, 9.17) is 5.73 Å². The monoisotopic (exact) mass is 253 g/mol. The van der Waals surface area contributed by atoms with Crippen LogP contribution >= 0.6 is 0 Å². The molecule has 0 bridgehead atoms. The van der Waals surface area contributed by atoms with Crippen LogP contribution in [0.25, 0.3) is 0 Å². The number of alkyl halides is 3. The Morgan fingerprint density at radius 3 is 2.18 bits per heavy atom. The van der Waals surface area contributed by atoms with Gasteiger partial charge in [-0.15, -0.1) is 13.2 Å². The highest BCUT2D eigenvalue weighted by Crippen LogP contribution is 2.31. The number of halogens is 4. The minimum atomic E-state index is -4.90. The Bertz CT molecular complexity index is 363. The SMILES string of the molecule is CC.CCc1cc(N)cc(F)c1OC(F)(F)F. The fraction of sp³-hybridized carbons (Fsp3) is 0.455. The van der Waals surface area contributed by atoms with Gasteiger partial charge in [0.05, 0.1) is 0 Å². The highest BCUT2D eigenvalue weighted by Gasteiger charge is 2.33. The molecule has 0 saturated carbocycles. The molecule has 6 heteroatoms. The van der Waals surface area contributed by atoms with Crippen LogP contribution in [-0.2, 0) is 6.42 Å². The number of rotatable bonds is 2. The first-order chi connectivity index (χ1) is 7.83. The largest absolute Gasteiger partial charge is 0.573 e. The van der Waals surface area contributed by atoms with E-state index in [2.05, 4.69) is 4.74 Å². The molecule has 1 aromatic rings. The van der Waals surface area contributed by atoms with Gasteiger partial charge >= 0.3 is 6.36 Å². The third-order valence-electron chi connectivity index (χ3n) is 1.74. The van der Waals surface area contributed by atoms with E-state index in [0.29, 0.717) is 0 Å². The molecule has 0 aliphatic heterocycles. The second kappa shape index (κ2) is 6.32. The molecule has 0 aliphatic rings. The van der Waals surface area contributed by atoms with Gasteiger partial charge in [-0.25, -0.2) is 4.39 Å². The minimum absolute atomic E-state index is 0.0684. The average Bonchev–Trinajstić information content (AvgIpc) is 2.23. The van der Waals surface area contributed by atoms with E-state index in [-0.39, 0.29) is 17.7 Å². The van der Waals surface area contributed by atoms with Crippen LogP contribution in [0.15, 0.2) is 12.1 Å². The van der Waals surface area contributed by atoms with Crippen molar-refractivity contribution in [3.63, 3.8) is 0 Å². The zero-order chi connectivity index (χ0) is 13.6. The van der Waals surface area contributed by atoms with Gasteiger partial charge in [-0.1, -0.05) is 20.8 Å². The number of hydrogen-bond acceptors (Lipinski definition) is 2. The van der Waals surface area contributed by atoms with E-state index in [1.807, 2.05) is 13.8 Å². The zero-order valence-electron chi connectivity index (χ0n) is 9.86. The third kappa shape index (κ3) is 4.93. The summed E-state index contributed by atoms with van der Waals surface area (Å²) >= 11 is 0. The van der Waals surface area contributed by atoms with Crippen LogP contribution < -0.4 is 10.5 Å². The van der Waals surface area contributed by atoms with Gasteiger partial charge in [-0.2, -0.15) is 0 Å². The molecular weight excluding hydrogens is 238 g/mol. The summed E-state index contributed by atoms with van der Waals surface area (Å²) in [5, 5.41) is 0. The molecule has 0 aromatic heterocycles. The maximum Gasteiger partial charge on any atom is 0.573 e. The molecule has 98 valence electrons. The summed E-state index contributed by atoms with van der Waals surface area (Å²) in [4.78, 5) is 0. The molecule has 0 unspecified atom stereocenters. The Kier molecular flexibility index (Phi) is 5.78. The quantitative estimate of drug-likeness (QED) is 0.641. The fourth-order valence-electron chi connectivity index (χ4n) is 1.17. The van der Waals surface area contributed by atoms with Crippen LogP contribution in [0.1, 0.15) is 26.3 Å². The summed E-state index contributed by atoms with van der Waals surface area (Å²) in [6.45, 7) is 5.58. The smallest absolute Gasteiger partial charge is 0.402 e. The lowest BCUT2D eigenvalue weighted by atomic mass is 10.1. The predicted molar refractivity (Wildman–Crippen MR) is 58.2 cm³/mol. The van der Waals surface area contributed by atoms with E-state index >= 15 is 0 Å². The standard InChI is InChI=1S/C9H9F4NO.C2H6/c1-2-5-3-6(14)4-7(10)8(5)15-9(11,12)13;1-2/h3-4H,2,14H2,1H3;1-2H3. The summed E-state index contributed by atoms with van der Waals surface area (Å²) in [6, 6.07) is 2.05. The lowest BCUT2D eigenvalue weighted by molar-refractivity contribution is -0.275. The fourth-order valence-corrected chi connectivity index (χ4v) is 1.17. The topological polar surface area (TPSA) is 35.2 Å². The first-order valence-electron chi connectivity index (χ1n) is 5.17. The van der Waals surface area contributed by atoms with Gasteiger partial charge in [0.2, 0.25) is 0 Å². The van der Waals surface area contributed by atoms with Crippen LogP contribution in [0.4, 0.5) is 23.2 Å². The number of benzene rings is 1. The second-order valence-corrected chi connectivity index (χ2v) is 2.89. The van der Waals surface area contributed by atoms with Crippen molar-refractivity contribution in [2.75, 3.05) is 5.73 Å². The van der Waals surface area contributed by atoms with Crippen LogP contribution in [-0.4, -0.2) is 6.36 Å². The molecule has 0 saturated heterocycles. The molecule has 1 aromatic carbocycles. The number of nitrogens with two attached hydrogens (primary N) is 1. The van der Waals surface area contributed by atoms with Gasteiger partial charge in [-0.05, 0) is 18.1 Å². The van der Waals surface area contributed by atoms with Gasteiger partial charge in [-0.3, -0.25) is 0 Å². The molecule has 1 rings (SSSR count). The van der Waals surface area contributed by atoms with Crippen LogP contribution in [0.5, 0.6) is 5.75 Å². The zero-order valence-corrected chi connectivity index (χ0v) is 9.86. The highest BCUT2D eigenvalue weighted by atomic mass is 19.4. The first-order valence-corrected chi connectivity index (χ1v) is 5.17. The number of nitrogen functional groups attached to an aromatic ring is 1. The van der Waals surface area contributed by atoms with Gasteiger partial charge in [0.15, 0.2) is 11.6 Å². The predicted octanol–water partition coefficient (Wildman–Crippen LogP) is 3.90. The van der Waals surface area contributed by atoms with E-state index < -0.39 is 17.9 Å². The van der Waals surface area contributed by atoms with Crippen LogP contribution in [0, 0.1) is 5.82 Å². The van der Waals surface area contributed by atoms with Crippen molar-refractivity contribution in [3.8, 4) is 5.75 Å². The van der Waals surface area contributed by atoms with Gasteiger partial charge in [0, 0.05) is 11.8 Å². The Morgan fingerprint density at radius 2 is 1.76 bits per heavy atom. The number of hydrogen-bond donors (Lipinski definition) is 1. The molecule has 0 spiro atoms. The summed E-state index contributed by atoms with van der Waals surface area (Å²) in [6.07, 6.45) is -4.70. The second-order valence-electron chi connectivity index (χ2n) is 2.89.